The largest absolute Gasteiger partial charge is 0.466 e. The van der Waals surface area contributed by atoms with Crippen LogP contribution in [0.5, 0.6) is 0 Å². The van der Waals surface area contributed by atoms with E-state index < -0.39 is 0 Å². The summed E-state index contributed by atoms with van der Waals surface area (Å²) in [5, 5.41) is 0. The smallest absolute Gasteiger partial charge is 0.305 e. The number of rotatable bonds is 13. The third kappa shape index (κ3) is 10.4. The second-order valence-corrected chi connectivity index (χ2v) is 5.63. The normalized spacial score (nSPS) is 10.6. The maximum absolute atomic E-state index is 11.5. The second kappa shape index (κ2) is 13.3. The van der Waals surface area contributed by atoms with Crippen LogP contribution in [0.15, 0.2) is 30.3 Å². The van der Waals surface area contributed by atoms with Crippen LogP contribution >= 0.6 is 0 Å². The standard InChI is InChI=1S/C19H30O3/c1-2-3-4-5-6-10-14-19(20)22-16-11-15-21-17-18-12-8-7-9-13-18/h7-9,12-13H,2-6,10-11,14-17H2,1H3. The molecule has 0 fully saturated rings. The lowest BCUT2D eigenvalue weighted by Crippen LogP contribution is -2.07. The molecule has 3 nitrogen and oxygen atoms in total. The highest BCUT2D eigenvalue weighted by atomic mass is 16.5. The van der Waals surface area contributed by atoms with Crippen LogP contribution in [0.2, 0.25) is 0 Å². The number of benzene rings is 1. The highest BCUT2D eigenvalue weighted by Gasteiger charge is 2.02. The molecule has 0 bridgehead atoms. The Labute approximate surface area is 135 Å². The van der Waals surface area contributed by atoms with Crippen LogP contribution in [0, 0.1) is 0 Å². The second-order valence-electron chi connectivity index (χ2n) is 5.63. The van der Waals surface area contributed by atoms with Gasteiger partial charge in [0.25, 0.3) is 0 Å². The molecule has 1 aromatic carbocycles. The van der Waals surface area contributed by atoms with Crippen molar-refractivity contribution < 1.29 is 14.3 Å². The molecule has 0 aromatic heterocycles. The van der Waals surface area contributed by atoms with E-state index >= 15 is 0 Å². The molecule has 0 aliphatic carbocycles. The lowest BCUT2D eigenvalue weighted by atomic mass is 10.1. The first-order chi connectivity index (χ1) is 10.8. The van der Waals surface area contributed by atoms with Gasteiger partial charge in [0, 0.05) is 12.8 Å². The molecule has 124 valence electrons. The zero-order valence-corrected chi connectivity index (χ0v) is 13.9. The summed E-state index contributed by atoms with van der Waals surface area (Å²) in [6, 6.07) is 10.1. The minimum Gasteiger partial charge on any atom is -0.466 e. The minimum atomic E-state index is -0.0708. The summed E-state index contributed by atoms with van der Waals surface area (Å²) in [5.41, 5.74) is 1.17. The van der Waals surface area contributed by atoms with E-state index in [4.69, 9.17) is 9.47 Å². The van der Waals surface area contributed by atoms with Gasteiger partial charge in [-0.05, 0) is 12.0 Å². The predicted octanol–water partition coefficient (Wildman–Crippen LogP) is 4.89. The Morgan fingerprint density at radius 1 is 0.909 bits per heavy atom. The molecule has 3 heteroatoms. The molecule has 0 N–H and O–H groups in total. The fourth-order valence-electron chi connectivity index (χ4n) is 2.23. The minimum absolute atomic E-state index is 0.0708. The van der Waals surface area contributed by atoms with Gasteiger partial charge in [0.2, 0.25) is 0 Å². The van der Waals surface area contributed by atoms with Crippen molar-refractivity contribution in [2.75, 3.05) is 13.2 Å². The number of unbranched alkanes of at least 4 members (excludes halogenated alkanes) is 5. The van der Waals surface area contributed by atoms with E-state index in [0.29, 0.717) is 26.2 Å². The molecule has 0 aliphatic rings. The van der Waals surface area contributed by atoms with Gasteiger partial charge < -0.3 is 9.47 Å². The molecule has 0 atom stereocenters. The topological polar surface area (TPSA) is 35.5 Å². The molecule has 0 heterocycles. The van der Waals surface area contributed by atoms with Gasteiger partial charge in [0.05, 0.1) is 19.8 Å². The van der Waals surface area contributed by atoms with Gasteiger partial charge in [-0.1, -0.05) is 69.4 Å². The molecule has 0 saturated carbocycles. The zero-order valence-electron chi connectivity index (χ0n) is 13.9. The number of carbonyl (C=O) groups excluding carboxylic acids is 1. The Kier molecular flexibility index (Phi) is 11.3. The SMILES string of the molecule is CCCCCCCCC(=O)OCCCOCc1ccccc1. The van der Waals surface area contributed by atoms with Gasteiger partial charge in [-0.15, -0.1) is 0 Å². The zero-order chi connectivity index (χ0) is 15.9. The summed E-state index contributed by atoms with van der Waals surface area (Å²) in [7, 11) is 0. The summed E-state index contributed by atoms with van der Waals surface area (Å²) in [6.45, 7) is 3.91. The van der Waals surface area contributed by atoms with Crippen molar-refractivity contribution in [2.45, 2.75) is 64.9 Å². The maximum Gasteiger partial charge on any atom is 0.305 e. The van der Waals surface area contributed by atoms with Crippen molar-refractivity contribution in [1.29, 1.82) is 0 Å². The van der Waals surface area contributed by atoms with E-state index in [-0.39, 0.29) is 5.97 Å². The van der Waals surface area contributed by atoms with E-state index in [2.05, 4.69) is 6.92 Å². The quantitative estimate of drug-likeness (QED) is 0.384. The first-order valence-corrected chi connectivity index (χ1v) is 8.60. The Morgan fingerprint density at radius 3 is 2.41 bits per heavy atom. The fraction of sp³-hybridized carbons (Fsp3) is 0.632. The lowest BCUT2D eigenvalue weighted by Gasteiger charge is -2.06. The molecule has 1 aromatic rings. The summed E-state index contributed by atoms with van der Waals surface area (Å²) in [5.74, 6) is -0.0708. The highest BCUT2D eigenvalue weighted by Crippen LogP contribution is 2.07. The summed E-state index contributed by atoms with van der Waals surface area (Å²) < 4.78 is 10.7. The molecular weight excluding hydrogens is 276 g/mol. The van der Waals surface area contributed by atoms with Crippen molar-refractivity contribution in [1.82, 2.24) is 0 Å². The van der Waals surface area contributed by atoms with Crippen LogP contribution in [0.25, 0.3) is 0 Å². The van der Waals surface area contributed by atoms with Crippen molar-refractivity contribution in [3.63, 3.8) is 0 Å². The van der Waals surface area contributed by atoms with Crippen LogP contribution in [0.4, 0.5) is 0 Å². The van der Waals surface area contributed by atoms with Gasteiger partial charge in [-0.2, -0.15) is 0 Å². The van der Waals surface area contributed by atoms with E-state index in [1.165, 1.54) is 31.2 Å². The number of hydrogen-bond acceptors (Lipinski definition) is 3. The Balaban J connectivity index is 1.86. The predicted molar refractivity (Wildman–Crippen MR) is 89.7 cm³/mol. The van der Waals surface area contributed by atoms with Crippen LogP contribution in [-0.4, -0.2) is 19.2 Å². The number of carbonyl (C=O) groups is 1. The summed E-state index contributed by atoms with van der Waals surface area (Å²) in [6.07, 6.45) is 8.47. The molecule has 0 amide bonds. The monoisotopic (exact) mass is 306 g/mol. The number of ether oxygens (including phenoxy) is 2. The average molecular weight is 306 g/mol. The first-order valence-electron chi connectivity index (χ1n) is 8.60. The van der Waals surface area contributed by atoms with Crippen molar-refractivity contribution in [3.8, 4) is 0 Å². The molecule has 0 spiro atoms. The Bertz CT molecular complexity index is 376. The van der Waals surface area contributed by atoms with E-state index in [9.17, 15) is 4.79 Å². The Hall–Kier alpha value is -1.35. The number of esters is 1. The molecule has 1 rings (SSSR count). The molecule has 0 radical (unpaired) electrons. The summed E-state index contributed by atoms with van der Waals surface area (Å²) >= 11 is 0. The third-order valence-electron chi connectivity index (χ3n) is 3.54. The van der Waals surface area contributed by atoms with Crippen molar-refractivity contribution in [3.05, 3.63) is 35.9 Å². The van der Waals surface area contributed by atoms with Crippen molar-refractivity contribution >= 4 is 5.97 Å². The van der Waals surface area contributed by atoms with Gasteiger partial charge in [-0.25, -0.2) is 0 Å². The fourth-order valence-corrected chi connectivity index (χ4v) is 2.23. The van der Waals surface area contributed by atoms with Gasteiger partial charge in [0.15, 0.2) is 0 Å². The average Bonchev–Trinajstić information content (AvgIpc) is 2.55. The van der Waals surface area contributed by atoms with Crippen LogP contribution in [0.1, 0.15) is 63.9 Å². The third-order valence-corrected chi connectivity index (χ3v) is 3.54. The maximum atomic E-state index is 11.5. The first kappa shape index (κ1) is 18.7. The molecule has 22 heavy (non-hydrogen) atoms. The van der Waals surface area contributed by atoms with Crippen LogP contribution in [0.3, 0.4) is 0 Å². The van der Waals surface area contributed by atoms with Gasteiger partial charge in [0.1, 0.15) is 0 Å². The molecular formula is C19H30O3. The highest BCUT2D eigenvalue weighted by molar-refractivity contribution is 5.69. The van der Waals surface area contributed by atoms with Crippen LogP contribution < -0.4 is 0 Å². The van der Waals surface area contributed by atoms with Crippen molar-refractivity contribution in [2.24, 2.45) is 0 Å². The van der Waals surface area contributed by atoms with E-state index in [0.717, 1.165) is 19.3 Å². The number of hydrogen-bond donors (Lipinski definition) is 0. The van der Waals surface area contributed by atoms with Gasteiger partial charge in [-0.3, -0.25) is 4.79 Å². The molecule has 0 aliphatic heterocycles. The van der Waals surface area contributed by atoms with E-state index in [1.54, 1.807) is 0 Å². The Morgan fingerprint density at radius 2 is 1.64 bits per heavy atom. The summed E-state index contributed by atoms with van der Waals surface area (Å²) in [4.78, 5) is 11.5. The molecule has 0 unspecified atom stereocenters. The van der Waals surface area contributed by atoms with Gasteiger partial charge >= 0.3 is 5.97 Å². The van der Waals surface area contributed by atoms with E-state index in [1.807, 2.05) is 30.3 Å². The van der Waals surface area contributed by atoms with Crippen LogP contribution in [-0.2, 0) is 20.9 Å². The molecule has 0 saturated heterocycles. The lowest BCUT2D eigenvalue weighted by molar-refractivity contribution is -0.144.